The van der Waals surface area contributed by atoms with Crippen LogP contribution < -0.4 is 16.2 Å². The predicted molar refractivity (Wildman–Crippen MR) is 100 cm³/mol. The van der Waals surface area contributed by atoms with E-state index in [1.54, 1.807) is 12.1 Å². The van der Waals surface area contributed by atoms with Crippen molar-refractivity contribution >= 4 is 5.97 Å². The van der Waals surface area contributed by atoms with Crippen molar-refractivity contribution in [3.05, 3.63) is 75.5 Å². The Morgan fingerprint density at radius 1 is 1.20 bits per heavy atom. The Morgan fingerprint density at radius 2 is 1.90 bits per heavy atom. The molecule has 8 nitrogen and oxygen atoms in total. The number of ether oxygens (including phenoxy) is 2. The van der Waals surface area contributed by atoms with Crippen molar-refractivity contribution in [2.45, 2.75) is 18.9 Å². The van der Waals surface area contributed by atoms with Crippen molar-refractivity contribution in [3.63, 3.8) is 0 Å². The minimum Gasteiger partial charge on any atom is -0.492 e. The number of hydrogen-bond donors (Lipinski definition) is 3. The number of aromatic amines is 1. The van der Waals surface area contributed by atoms with Crippen molar-refractivity contribution in [1.82, 2.24) is 4.98 Å². The molecule has 1 heterocycles. The topological polar surface area (TPSA) is 128 Å². The number of carbonyl (C=O) groups excluding carboxylic acids is 1. The average molecular weight is 420 g/mol. The number of nitrogens with one attached hydrogen (secondary N) is 1. The van der Waals surface area contributed by atoms with Crippen LogP contribution in [-0.4, -0.2) is 29.2 Å². The predicted octanol–water partition coefficient (Wildman–Crippen LogP) is 2.38. The summed E-state index contributed by atoms with van der Waals surface area (Å²) in [7, 11) is 1.24. The number of hydrogen-bond acceptors (Lipinski definition) is 7. The summed E-state index contributed by atoms with van der Waals surface area (Å²) in [6.07, 6.45) is -0.0878. The average Bonchev–Trinajstić information content (AvgIpc) is 3.05. The maximum Gasteiger partial charge on any atom is 0.419 e. The van der Waals surface area contributed by atoms with E-state index in [9.17, 15) is 23.5 Å². The third-order valence-electron chi connectivity index (χ3n) is 4.29. The Labute approximate surface area is 168 Å². The van der Waals surface area contributed by atoms with Crippen LogP contribution in [0.5, 0.6) is 17.4 Å². The van der Waals surface area contributed by atoms with E-state index in [0.29, 0.717) is 0 Å². The lowest BCUT2D eigenvalue weighted by molar-refractivity contribution is -0.142. The molecule has 0 aliphatic rings. The Hall–Kier alpha value is -3.66. The highest BCUT2D eigenvalue weighted by Crippen LogP contribution is 2.29. The Kier molecular flexibility index (Phi) is 6.17. The van der Waals surface area contributed by atoms with Gasteiger partial charge in [0.05, 0.1) is 7.11 Å². The summed E-state index contributed by atoms with van der Waals surface area (Å²) in [4.78, 5) is 24.4. The van der Waals surface area contributed by atoms with Gasteiger partial charge in [0, 0.05) is 6.42 Å². The van der Waals surface area contributed by atoms with E-state index in [0.717, 1.165) is 5.56 Å². The molecule has 10 heteroatoms. The maximum absolute atomic E-state index is 14.4. The number of methoxy groups -OCH3 is 1. The number of H-pyrrole nitrogens is 1. The number of carbonyl (C=O) groups is 1. The van der Waals surface area contributed by atoms with Crippen molar-refractivity contribution in [1.29, 1.82) is 0 Å². The lowest BCUT2D eigenvalue weighted by Crippen LogP contribution is -2.33. The van der Waals surface area contributed by atoms with Gasteiger partial charge in [-0.3, -0.25) is 9.78 Å². The molecule has 158 valence electrons. The molecule has 0 radical (unpaired) electrons. The third-order valence-corrected chi connectivity index (χ3v) is 4.29. The summed E-state index contributed by atoms with van der Waals surface area (Å²) >= 11 is 0. The number of benzene rings is 2. The SMILES string of the molecule is COC(=O)C(N)Cc1ccc(Oc2ccc(Cc3oc(=O)[nH]c3O)c(F)c2F)cc1. The molecule has 1 aromatic heterocycles. The highest BCUT2D eigenvalue weighted by atomic mass is 19.2. The summed E-state index contributed by atoms with van der Waals surface area (Å²) < 4.78 is 43.4. The zero-order valence-electron chi connectivity index (χ0n) is 15.8. The molecular formula is C20H18F2N2O6. The molecule has 30 heavy (non-hydrogen) atoms. The fraction of sp³-hybridized carbons (Fsp3) is 0.200. The Bertz CT molecular complexity index is 1110. The molecule has 3 aromatic rings. The van der Waals surface area contributed by atoms with Gasteiger partial charge in [-0.05, 0) is 35.7 Å². The van der Waals surface area contributed by atoms with Crippen LogP contribution >= 0.6 is 0 Å². The Balaban J connectivity index is 1.72. The van der Waals surface area contributed by atoms with Crippen molar-refractivity contribution in [2.24, 2.45) is 5.73 Å². The highest BCUT2D eigenvalue weighted by molar-refractivity contribution is 5.75. The molecule has 0 saturated carbocycles. The summed E-state index contributed by atoms with van der Waals surface area (Å²) in [5.41, 5.74) is 6.30. The van der Waals surface area contributed by atoms with Gasteiger partial charge in [0.2, 0.25) is 11.7 Å². The van der Waals surface area contributed by atoms with Crippen LogP contribution in [-0.2, 0) is 22.4 Å². The number of nitrogens with two attached hydrogens (primary N) is 1. The van der Waals surface area contributed by atoms with Gasteiger partial charge in [0.1, 0.15) is 11.8 Å². The standard InChI is InChI=1S/C20H18F2N2O6/c1-28-19(26)13(23)8-10-2-5-12(6-3-10)29-14-7-4-11(16(21)17(14)22)9-15-18(25)24-20(27)30-15/h2-7,13,25H,8-9,23H2,1H3,(H,24,27). The molecule has 1 atom stereocenters. The second-order valence-corrected chi connectivity index (χ2v) is 6.39. The minimum atomic E-state index is -1.23. The van der Waals surface area contributed by atoms with Crippen LogP contribution in [0.4, 0.5) is 8.78 Å². The van der Waals surface area contributed by atoms with Gasteiger partial charge < -0.3 is 24.7 Å². The van der Waals surface area contributed by atoms with Gasteiger partial charge in [0.15, 0.2) is 17.3 Å². The summed E-state index contributed by atoms with van der Waals surface area (Å²) in [5, 5.41) is 9.50. The molecule has 0 fully saturated rings. The number of esters is 1. The quantitative estimate of drug-likeness (QED) is 0.501. The van der Waals surface area contributed by atoms with E-state index in [4.69, 9.17) is 10.5 Å². The van der Waals surface area contributed by atoms with Crippen LogP contribution in [0.15, 0.2) is 45.6 Å². The molecule has 3 rings (SSSR count). The molecule has 0 amide bonds. The molecule has 0 bridgehead atoms. The zero-order chi connectivity index (χ0) is 21.8. The number of oxazole rings is 1. The fourth-order valence-corrected chi connectivity index (χ4v) is 2.74. The van der Waals surface area contributed by atoms with E-state index in [1.807, 2.05) is 4.98 Å². The highest BCUT2D eigenvalue weighted by Gasteiger charge is 2.19. The molecule has 0 aliphatic carbocycles. The molecule has 0 aliphatic heterocycles. The van der Waals surface area contributed by atoms with E-state index < -0.39 is 35.3 Å². The molecule has 2 aromatic carbocycles. The summed E-state index contributed by atoms with van der Waals surface area (Å²) in [5.74, 6) is -4.75. The van der Waals surface area contributed by atoms with Crippen LogP contribution in [0, 0.1) is 11.6 Å². The molecular weight excluding hydrogens is 402 g/mol. The van der Waals surface area contributed by atoms with E-state index >= 15 is 0 Å². The lowest BCUT2D eigenvalue weighted by Gasteiger charge is -2.11. The Morgan fingerprint density at radius 3 is 2.50 bits per heavy atom. The summed E-state index contributed by atoms with van der Waals surface area (Å²) in [6, 6.07) is 7.98. The van der Waals surface area contributed by atoms with Gasteiger partial charge in [-0.15, -0.1) is 0 Å². The van der Waals surface area contributed by atoms with Gasteiger partial charge in [-0.1, -0.05) is 18.2 Å². The van der Waals surface area contributed by atoms with Crippen molar-refractivity contribution in [2.75, 3.05) is 7.11 Å². The largest absolute Gasteiger partial charge is 0.492 e. The second kappa shape index (κ2) is 8.78. The normalized spacial score (nSPS) is 11.9. The monoisotopic (exact) mass is 420 g/mol. The lowest BCUT2D eigenvalue weighted by atomic mass is 10.1. The first-order chi connectivity index (χ1) is 14.3. The van der Waals surface area contributed by atoms with Crippen LogP contribution in [0.1, 0.15) is 16.9 Å². The first-order valence-corrected chi connectivity index (χ1v) is 8.76. The van der Waals surface area contributed by atoms with Gasteiger partial charge in [-0.25, -0.2) is 9.18 Å². The molecule has 1 unspecified atom stereocenters. The van der Waals surface area contributed by atoms with Gasteiger partial charge in [-0.2, -0.15) is 4.39 Å². The smallest absolute Gasteiger partial charge is 0.419 e. The molecule has 0 spiro atoms. The first kappa shape index (κ1) is 21.1. The van der Waals surface area contributed by atoms with E-state index in [-0.39, 0.29) is 35.7 Å². The number of aromatic hydroxyl groups is 1. The number of halogens is 2. The van der Waals surface area contributed by atoms with Crippen LogP contribution in [0.3, 0.4) is 0 Å². The zero-order valence-corrected chi connectivity index (χ0v) is 15.8. The minimum absolute atomic E-state index is 0.134. The maximum atomic E-state index is 14.4. The summed E-state index contributed by atoms with van der Waals surface area (Å²) in [6.45, 7) is 0. The van der Waals surface area contributed by atoms with E-state index in [1.165, 1.54) is 31.4 Å². The first-order valence-electron chi connectivity index (χ1n) is 8.76. The number of aromatic nitrogens is 1. The van der Waals surface area contributed by atoms with Crippen LogP contribution in [0.25, 0.3) is 0 Å². The van der Waals surface area contributed by atoms with Gasteiger partial charge in [0.25, 0.3) is 0 Å². The number of rotatable bonds is 7. The van der Waals surface area contributed by atoms with Crippen molar-refractivity contribution < 1.29 is 32.6 Å². The molecule has 4 N–H and O–H groups in total. The van der Waals surface area contributed by atoms with Crippen LogP contribution in [0.2, 0.25) is 0 Å². The van der Waals surface area contributed by atoms with Crippen molar-refractivity contribution in [3.8, 4) is 17.4 Å². The molecule has 0 saturated heterocycles. The second-order valence-electron chi connectivity index (χ2n) is 6.39. The van der Waals surface area contributed by atoms with E-state index in [2.05, 4.69) is 9.15 Å². The fourth-order valence-electron chi connectivity index (χ4n) is 2.74. The van der Waals surface area contributed by atoms with Gasteiger partial charge >= 0.3 is 11.7 Å². The third kappa shape index (κ3) is 4.66.